The molecule has 0 aliphatic rings. The van der Waals surface area contributed by atoms with Crippen LogP contribution in [0.25, 0.3) is 0 Å². The summed E-state index contributed by atoms with van der Waals surface area (Å²) in [5.74, 6) is -1.44. The number of carbonyl (C=O) groups is 1. The lowest BCUT2D eigenvalue weighted by Gasteiger charge is -2.23. The number of carbonyl (C=O) groups excluding carboxylic acids is 1. The molecule has 6 heteroatoms. The SMILES string of the molecule is Cc1cc(C)cc(N(CC(=O)[O-])S(C)(=O)=O)c1. The van der Waals surface area contributed by atoms with Crippen LogP contribution in [0.1, 0.15) is 11.1 Å². The molecule has 0 aliphatic heterocycles. The van der Waals surface area contributed by atoms with Gasteiger partial charge in [0.05, 0.1) is 24.5 Å². The highest BCUT2D eigenvalue weighted by atomic mass is 32.2. The van der Waals surface area contributed by atoms with Gasteiger partial charge in [-0.2, -0.15) is 0 Å². The van der Waals surface area contributed by atoms with Crippen LogP contribution in [0, 0.1) is 13.8 Å². The Morgan fingerprint density at radius 1 is 1.24 bits per heavy atom. The third-order valence-corrected chi connectivity index (χ3v) is 3.31. The Hall–Kier alpha value is -1.56. The molecule has 0 aliphatic carbocycles. The van der Waals surface area contributed by atoms with Crippen LogP contribution in [-0.4, -0.2) is 27.2 Å². The van der Waals surface area contributed by atoms with E-state index in [0.717, 1.165) is 21.7 Å². The van der Waals surface area contributed by atoms with E-state index in [9.17, 15) is 18.3 Å². The number of carboxylic acid groups (broad SMARTS) is 1. The molecule has 0 spiro atoms. The molecule has 94 valence electrons. The first kappa shape index (κ1) is 13.5. The number of hydrogen-bond acceptors (Lipinski definition) is 4. The highest BCUT2D eigenvalue weighted by Gasteiger charge is 2.17. The largest absolute Gasteiger partial charge is 0.548 e. The van der Waals surface area contributed by atoms with Crippen molar-refractivity contribution in [3.63, 3.8) is 0 Å². The first-order valence-electron chi connectivity index (χ1n) is 4.96. The first-order chi connectivity index (χ1) is 7.70. The maximum absolute atomic E-state index is 11.5. The summed E-state index contributed by atoms with van der Waals surface area (Å²) < 4.78 is 23.9. The van der Waals surface area contributed by atoms with Crippen LogP contribution in [0.4, 0.5) is 5.69 Å². The Kier molecular flexibility index (Phi) is 3.77. The van der Waals surface area contributed by atoms with Crippen molar-refractivity contribution in [3.05, 3.63) is 29.3 Å². The molecule has 0 radical (unpaired) electrons. The lowest BCUT2D eigenvalue weighted by Crippen LogP contribution is -2.41. The van der Waals surface area contributed by atoms with Gasteiger partial charge >= 0.3 is 0 Å². The van der Waals surface area contributed by atoms with E-state index in [2.05, 4.69) is 0 Å². The summed E-state index contributed by atoms with van der Waals surface area (Å²) in [6, 6.07) is 5.12. The van der Waals surface area contributed by atoms with Gasteiger partial charge in [-0.25, -0.2) is 8.42 Å². The van der Waals surface area contributed by atoms with Gasteiger partial charge in [-0.3, -0.25) is 4.31 Å². The molecule has 0 fully saturated rings. The molecule has 0 saturated heterocycles. The van der Waals surface area contributed by atoms with Crippen molar-refractivity contribution in [3.8, 4) is 0 Å². The van der Waals surface area contributed by atoms with Crippen molar-refractivity contribution in [2.75, 3.05) is 17.1 Å². The average Bonchev–Trinajstić information content (AvgIpc) is 2.10. The Morgan fingerprint density at radius 3 is 2.06 bits per heavy atom. The number of nitrogens with zero attached hydrogens (tertiary/aromatic N) is 1. The lowest BCUT2D eigenvalue weighted by atomic mass is 10.1. The van der Waals surface area contributed by atoms with Gasteiger partial charge in [0.15, 0.2) is 0 Å². The highest BCUT2D eigenvalue weighted by Crippen LogP contribution is 2.20. The van der Waals surface area contributed by atoms with E-state index in [1.54, 1.807) is 12.1 Å². The predicted octanol–water partition coefficient (Wildman–Crippen LogP) is -0.181. The van der Waals surface area contributed by atoms with Crippen molar-refractivity contribution in [2.45, 2.75) is 13.8 Å². The predicted molar refractivity (Wildman–Crippen MR) is 63.1 cm³/mol. The second kappa shape index (κ2) is 4.75. The number of benzene rings is 1. The zero-order valence-corrected chi connectivity index (χ0v) is 10.7. The summed E-state index contributed by atoms with van der Waals surface area (Å²) in [7, 11) is -3.63. The molecule has 0 N–H and O–H groups in total. The zero-order valence-electron chi connectivity index (χ0n) is 9.93. The standard InChI is InChI=1S/C11H15NO4S/c1-8-4-9(2)6-10(5-8)12(7-11(13)14)17(3,15)16/h4-6H,7H2,1-3H3,(H,13,14)/p-1. The molecule has 1 aromatic carbocycles. The normalized spacial score (nSPS) is 11.2. The quantitative estimate of drug-likeness (QED) is 0.748. The fraction of sp³-hybridized carbons (Fsp3) is 0.364. The topological polar surface area (TPSA) is 77.5 Å². The van der Waals surface area contributed by atoms with E-state index >= 15 is 0 Å². The van der Waals surface area contributed by atoms with E-state index in [0.29, 0.717) is 5.69 Å². The lowest BCUT2D eigenvalue weighted by molar-refractivity contribution is -0.303. The van der Waals surface area contributed by atoms with Crippen LogP contribution in [0.2, 0.25) is 0 Å². The van der Waals surface area contributed by atoms with E-state index in [4.69, 9.17) is 0 Å². The third kappa shape index (κ3) is 3.74. The smallest absolute Gasteiger partial charge is 0.232 e. The van der Waals surface area contributed by atoms with Gasteiger partial charge in [-0.15, -0.1) is 0 Å². The van der Waals surface area contributed by atoms with E-state index < -0.39 is 22.5 Å². The van der Waals surface area contributed by atoms with E-state index in [1.807, 2.05) is 19.9 Å². The summed E-state index contributed by atoms with van der Waals surface area (Å²) >= 11 is 0. The minimum absolute atomic E-state index is 0.342. The van der Waals surface area contributed by atoms with Crippen molar-refractivity contribution in [2.24, 2.45) is 0 Å². The number of aliphatic carboxylic acids is 1. The fourth-order valence-corrected chi connectivity index (χ4v) is 2.44. The number of aryl methyl sites for hydroxylation is 2. The third-order valence-electron chi connectivity index (χ3n) is 2.17. The van der Waals surface area contributed by atoms with Crippen LogP contribution in [0.5, 0.6) is 0 Å². The monoisotopic (exact) mass is 256 g/mol. The van der Waals surface area contributed by atoms with Crippen LogP contribution >= 0.6 is 0 Å². The Bertz CT molecular complexity index is 516. The number of sulfonamides is 1. The molecule has 0 unspecified atom stereocenters. The molecule has 0 aromatic heterocycles. The maximum atomic E-state index is 11.5. The van der Waals surface area contributed by atoms with Crippen LogP contribution in [0.15, 0.2) is 18.2 Å². The molecule has 1 aromatic rings. The minimum atomic E-state index is -3.63. The first-order valence-corrected chi connectivity index (χ1v) is 6.81. The molecule has 0 heterocycles. The van der Waals surface area contributed by atoms with Crippen LogP contribution in [-0.2, 0) is 14.8 Å². The number of rotatable bonds is 4. The van der Waals surface area contributed by atoms with E-state index in [1.165, 1.54) is 0 Å². The second-order valence-corrected chi connectivity index (χ2v) is 5.89. The van der Waals surface area contributed by atoms with Gasteiger partial charge in [0.2, 0.25) is 10.0 Å². The minimum Gasteiger partial charge on any atom is -0.548 e. The van der Waals surface area contributed by atoms with Crippen molar-refractivity contribution in [1.29, 1.82) is 0 Å². The molecule has 1 rings (SSSR count). The molecular formula is C11H14NO4S-. The fourth-order valence-electron chi connectivity index (χ4n) is 1.61. The number of hydrogen-bond donors (Lipinski definition) is 0. The summed E-state index contributed by atoms with van der Waals surface area (Å²) in [5.41, 5.74) is 2.08. The molecule has 17 heavy (non-hydrogen) atoms. The van der Waals surface area contributed by atoms with Gasteiger partial charge in [-0.05, 0) is 37.1 Å². The van der Waals surface area contributed by atoms with Gasteiger partial charge in [0.1, 0.15) is 0 Å². The second-order valence-electron chi connectivity index (χ2n) is 3.99. The molecule has 0 saturated carbocycles. The van der Waals surface area contributed by atoms with Gasteiger partial charge < -0.3 is 9.90 Å². The summed E-state index contributed by atoms with van der Waals surface area (Å²) in [4.78, 5) is 10.6. The van der Waals surface area contributed by atoms with Gasteiger partial charge in [0, 0.05) is 0 Å². The van der Waals surface area contributed by atoms with Gasteiger partial charge in [0.25, 0.3) is 0 Å². The number of carboxylic acids is 1. The van der Waals surface area contributed by atoms with Crippen molar-refractivity contribution >= 4 is 21.7 Å². The van der Waals surface area contributed by atoms with Gasteiger partial charge in [-0.1, -0.05) is 6.07 Å². The van der Waals surface area contributed by atoms with Crippen molar-refractivity contribution < 1.29 is 18.3 Å². The summed E-state index contributed by atoms with van der Waals surface area (Å²) in [6.07, 6.45) is 0.966. The van der Waals surface area contributed by atoms with E-state index in [-0.39, 0.29) is 0 Å². The Morgan fingerprint density at radius 2 is 1.71 bits per heavy atom. The molecule has 5 nitrogen and oxygen atoms in total. The molecular weight excluding hydrogens is 242 g/mol. The Labute approximate surface area is 101 Å². The maximum Gasteiger partial charge on any atom is 0.232 e. The van der Waals surface area contributed by atoms with Crippen molar-refractivity contribution in [1.82, 2.24) is 0 Å². The number of anilines is 1. The summed E-state index contributed by atoms with van der Waals surface area (Å²) in [5, 5.41) is 10.6. The van der Waals surface area contributed by atoms with Crippen LogP contribution in [0.3, 0.4) is 0 Å². The summed E-state index contributed by atoms with van der Waals surface area (Å²) in [6.45, 7) is 2.95. The zero-order chi connectivity index (χ0) is 13.2. The van der Waals surface area contributed by atoms with Crippen LogP contribution < -0.4 is 9.41 Å². The Balaban J connectivity index is 3.27. The highest BCUT2D eigenvalue weighted by molar-refractivity contribution is 7.92. The molecule has 0 atom stereocenters. The molecule has 0 amide bonds. The average molecular weight is 256 g/mol. The molecule has 0 bridgehead atoms.